The van der Waals surface area contributed by atoms with Crippen molar-refractivity contribution in [2.75, 3.05) is 26.7 Å². The van der Waals surface area contributed by atoms with Crippen molar-refractivity contribution in [2.45, 2.75) is 31.7 Å². The van der Waals surface area contributed by atoms with Crippen LogP contribution in [0.5, 0.6) is 0 Å². The first-order valence-corrected chi connectivity index (χ1v) is 12.1. The van der Waals surface area contributed by atoms with Gasteiger partial charge in [-0.2, -0.15) is 4.31 Å². The summed E-state index contributed by atoms with van der Waals surface area (Å²) in [6.07, 6.45) is 1.01. The first-order valence-electron chi connectivity index (χ1n) is 10.7. The number of esters is 1. The second-order valence-electron chi connectivity index (χ2n) is 8.52. The minimum absolute atomic E-state index is 0.165. The Morgan fingerprint density at radius 1 is 1.00 bits per heavy atom. The largest absolute Gasteiger partial charge is 0.468 e. The summed E-state index contributed by atoms with van der Waals surface area (Å²) in [6.45, 7) is 5.14. The van der Waals surface area contributed by atoms with E-state index in [2.05, 4.69) is 13.8 Å². The van der Waals surface area contributed by atoms with Crippen molar-refractivity contribution in [3.05, 3.63) is 65.7 Å². The van der Waals surface area contributed by atoms with E-state index < -0.39 is 16.0 Å². The molecule has 2 atom stereocenters. The molecule has 1 fully saturated rings. The van der Waals surface area contributed by atoms with E-state index in [1.54, 1.807) is 0 Å². The van der Waals surface area contributed by atoms with E-state index in [0.29, 0.717) is 30.5 Å². The molecule has 0 N–H and O–H groups in total. The third-order valence-electron chi connectivity index (χ3n) is 5.63. The van der Waals surface area contributed by atoms with Crippen LogP contribution in [0.2, 0.25) is 0 Å². The summed E-state index contributed by atoms with van der Waals surface area (Å²) in [7, 11) is -2.35. The van der Waals surface area contributed by atoms with Crippen LogP contribution in [-0.2, 0) is 26.1 Å². The molecule has 1 aliphatic rings. The van der Waals surface area contributed by atoms with Crippen LogP contribution >= 0.6 is 0 Å². The number of ether oxygens (including phenoxy) is 1. The Balaban J connectivity index is 1.80. The van der Waals surface area contributed by atoms with Crippen LogP contribution in [0.15, 0.2) is 59.5 Å². The van der Waals surface area contributed by atoms with Gasteiger partial charge < -0.3 is 9.64 Å². The molecule has 8 heteroatoms. The number of piperidine rings is 1. The van der Waals surface area contributed by atoms with Gasteiger partial charge >= 0.3 is 5.97 Å². The molecule has 172 valence electrons. The van der Waals surface area contributed by atoms with Gasteiger partial charge in [-0.15, -0.1) is 0 Å². The highest BCUT2D eigenvalue weighted by molar-refractivity contribution is 7.89. The number of rotatable bonds is 7. The number of methoxy groups -OCH3 is 1. The van der Waals surface area contributed by atoms with Crippen molar-refractivity contribution in [1.82, 2.24) is 9.21 Å². The molecule has 2 unspecified atom stereocenters. The van der Waals surface area contributed by atoms with Crippen molar-refractivity contribution >= 4 is 21.9 Å². The van der Waals surface area contributed by atoms with Crippen LogP contribution < -0.4 is 0 Å². The molecule has 0 radical (unpaired) electrons. The van der Waals surface area contributed by atoms with E-state index in [1.807, 2.05) is 30.3 Å². The minimum atomic E-state index is -3.63. The normalized spacial score (nSPS) is 19.3. The molecule has 1 heterocycles. The van der Waals surface area contributed by atoms with Crippen LogP contribution in [0, 0.1) is 11.8 Å². The van der Waals surface area contributed by atoms with Crippen molar-refractivity contribution in [3.8, 4) is 0 Å². The summed E-state index contributed by atoms with van der Waals surface area (Å²) in [5.41, 5.74) is 1.18. The molecule has 0 bridgehead atoms. The zero-order valence-corrected chi connectivity index (χ0v) is 19.5. The zero-order valence-electron chi connectivity index (χ0n) is 18.7. The third kappa shape index (κ3) is 5.75. The topological polar surface area (TPSA) is 84.0 Å². The number of hydrogen-bond donors (Lipinski definition) is 0. The maximum atomic E-state index is 13.1. The van der Waals surface area contributed by atoms with Gasteiger partial charge in [0.15, 0.2) is 0 Å². The van der Waals surface area contributed by atoms with Gasteiger partial charge in [0.25, 0.3) is 5.91 Å². The smallest absolute Gasteiger partial charge is 0.325 e. The molecule has 0 spiro atoms. The monoisotopic (exact) mass is 458 g/mol. The van der Waals surface area contributed by atoms with E-state index in [0.717, 1.165) is 12.0 Å². The van der Waals surface area contributed by atoms with Gasteiger partial charge in [0.05, 0.1) is 12.0 Å². The number of amides is 1. The fourth-order valence-electron chi connectivity index (χ4n) is 4.13. The number of nitrogens with zero attached hydrogens (tertiary/aromatic N) is 2. The van der Waals surface area contributed by atoms with Gasteiger partial charge in [-0.25, -0.2) is 8.42 Å². The van der Waals surface area contributed by atoms with E-state index in [9.17, 15) is 18.0 Å². The Kier molecular flexibility index (Phi) is 7.69. The van der Waals surface area contributed by atoms with Gasteiger partial charge in [0, 0.05) is 25.2 Å². The average molecular weight is 459 g/mol. The predicted molar refractivity (Wildman–Crippen MR) is 121 cm³/mol. The van der Waals surface area contributed by atoms with Crippen LogP contribution in [0.4, 0.5) is 0 Å². The Bertz CT molecular complexity index is 1030. The van der Waals surface area contributed by atoms with E-state index >= 15 is 0 Å². The Hall–Kier alpha value is -2.71. The van der Waals surface area contributed by atoms with Crippen molar-refractivity contribution in [1.29, 1.82) is 0 Å². The van der Waals surface area contributed by atoms with Gasteiger partial charge in [0.2, 0.25) is 10.0 Å². The number of carbonyl (C=O) groups excluding carboxylic acids is 2. The fourth-order valence-corrected chi connectivity index (χ4v) is 5.81. The minimum Gasteiger partial charge on any atom is -0.468 e. The molecule has 0 aromatic heterocycles. The standard InChI is InChI=1S/C24H30N2O5S/c1-18-13-19(2)15-26(14-18)32(29,30)22-11-9-21(10-12-22)24(28)25(17-23(27)31-3)16-20-7-5-4-6-8-20/h4-12,18-19H,13-17H2,1-3H3. The predicted octanol–water partition coefficient (Wildman–Crippen LogP) is 3.17. The molecule has 32 heavy (non-hydrogen) atoms. The van der Waals surface area contributed by atoms with Gasteiger partial charge in [-0.1, -0.05) is 44.2 Å². The lowest BCUT2D eigenvalue weighted by Gasteiger charge is -2.34. The Morgan fingerprint density at radius 3 is 2.16 bits per heavy atom. The summed E-state index contributed by atoms with van der Waals surface area (Å²) in [4.78, 5) is 26.5. The molecular weight excluding hydrogens is 428 g/mol. The maximum absolute atomic E-state index is 13.1. The highest BCUT2D eigenvalue weighted by Crippen LogP contribution is 2.27. The van der Waals surface area contributed by atoms with E-state index in [-0.39, 0.29) is 23.9 Å². The van der Waals surface area contributed by atoms with Crippen LogP contribution in [0.3, 0.4) is 0 Å². The van der Waals surface area contributed by atoms with Crippen LogP contribution in [-0.4, -0.2) is 56.2 Å². The second kappa shape index (κ2) is 10.3. The molecule has 2 aromatic carbocycles. The Labute approximate surface area is 190 Å². The molecule has 3 rings (SSSR count). The van der Waals surface area contributed by atoms with Crippen LogP contribution in [0.25, 0.3) is 0 Å². The molecular formula is C24H30N2O5S. The lowest BCUT2D eigenvalue weighted by molar-refractivity contribution is -0.141. The fraction of sp³-hybridized carbons (Fsp3) is 0.417. The summed E-state index contributed by atoms with van der Waals surface area (Å²) in [6, 6.07) is 15.3. The number of hydrogen-bond acceptors (Lipinski definition) is 5. The average Bonchev–Trinajstić information content (AvgIpc) is 2.78. The summed E-state index contributed by atoms with van der Waals surface area (Å²) in [5.74, 6) is -0.288. The summed E-state index contributed by atoms with van der Waals surface area (Å²) < 4.78 is 32.4. The van der Waals surface area contributed by atoms with Crippen molar-refractivity contribution in [2.24, 2.45) is 11.8 Å². The second-order valence-corrected chi connectivity index (χ2v) is 10.5. The molecule has 1 aliphatic heterocycles. The van der Waals surface area contributed by atoms with Crippen molar-refractivity contribution in [3.63, 3.8) is 0 Å². The number of carbonyl (C=O) groups is 2. The Morgan fingerprint density at radius 2 is 1.59 bits per heavy atom. The zero-order chi connectivity index (χ0) is 23.3. The maximum Gasteiger partial charge on any atom is 0.325 e. The molecule has 1 amide bonds. The molecule has 0 aliphatic carbocycles. The molecule has 1 saturated heterocycles. The van der Waals surface area contributed by atoms with Crippen molar-refractivity contribution < 1.29 is 22.7 Å². The van der Waals surface area contributed by atoms with E-state index in [1.165, 1.54) is 40.6 Å². The van der Waals surface area contributed by atoms with Gasteiger partial charge in [-0.3, -0.25) is 9.59 Å². The lowest BCUT2D eigenvalue weighted by atomic mass is 9.94. The SMILES string of the molecule is COC(=O)CN(Cc1ccccc1)C(=O)c1ccc(S(=O)(=O)N2CC(C)CC(C)C2)cc1. The molecule has 0 saturated carbocycles. The molecule has 2 aromatic rings. The quantitative estimate of drug-likeness (QED) is 0.595. The van der Waals surface area contributed by atoms with E-state index in [4.69, 9.17) is 4.74 Å². The summed E-state index contributed by atoms with van der Waals surface area (Å²) in [5, 5.41) is 0. The first-order chi connectivity index (χ1) is 15.2. The highest BCUT2D eigenvalue weighted by atomic mass is 32.2. The lowest BCUT2D eigenvalue weighted by Crippen LogP contribution is -2.42. The molecule has 7 nitrogen and oxygen atoms in total. The third-order valence-corrected chi connectivity index (χ3v) is 7.47. The van der Waals surface area contributed by atoms with Gasteiger partial charge in [-0.05, 0) is 48.1 Å². The number of sulfonamides is 1. The van der Waals surface area contributed by atoms with Crippen LogP contribution in [0.1, 0.15) is 36.2 Å². The summed E-state index contributed by atoms with van der Waals surface area (Å²) >= 11 is 0. The number of benzene rings is 2. The first kappa shape index (κ1) is 23.9. The van der Waals surface area contributed by atoms with Gasteiger partial charge in [0.1, 0.15) is 6.54 Å². The highest BCUT2D eigenvalue weighted by Gasteiger charge is 2.32.